The molecule has 0 spiro atoms. The number of rotatable bonds is 9. The summed E-state index contributed by atoms with van der Waals surface area (Å²) in [6.45, 7) is 8.06. The van der Waals surface area contributed by atoms with Crippen LogP contribution in [0, 0.1) is 17.0 Å². The highest BCUT2D eigenvalue weighted by Gasteiger charge is 2.56. The van der Waals surface area contributed by atoms with Crippen molar-refractivity contribution in [3.05, 3.63) is 78.0 Å². The normalized spacial score (nSPS) is 16.1. The summed E-state index contributed by atoms with van der Waals surface area (Å²) in [7, 11) is 0. The number of pyridine rings is 1. The van der Waals surface area contributed by atoms with Gasteiger partial charge in [-0.3, -0.25) is 14.6 Å². The van der Waals surface area contributed by atoms with Gasteiger partial charge >= 0.3 is 0 Å². The SMILES string of the molecule is C=Nc1cc(N2CCOCC2)ncc1/C(=C\C)Oc1ccc(NC(=O)C2(C(=O)Nc3ccc(F)cc3)CC2)cc1F. The van der Waals surface area contributed by atoms with E-state index in [1.807, 2.05) is 0 Å². The first kappa shape index (κ1) is 27.9. The van der Waals surface area contributed by atoms with E-state index in [9.17, 15) is 14.0 Å². The molecule has 41 heavy (non-hydrogen) atoms. The molecule has 1 aliphatic heterocycles. The average molecular weight is 562 g/mol. The number of nitrogens with zero attached hydrogens (tertiary/aromatic N) is 3. The van der Waals surface area contributed by atoms with Crippen LogP contribution in [0.15, 0.2) is 65.8 Å². The number of carbonyl (C=O) groups is 2. The number of anilines is 3. The van der Waals surface area contributed by atoms with Crippen LogP contribution >= 0.6 is 0 Å². The number of hydrogen-bond donors (Lipinski definition) is 2. The highest BCUT2D eigenvalue weighted by atomic mass is 19.1. The zero-order chi connectivity index (χ0) is 29.0. The third-order valence-electron chi connectivity index (χ3n) is 7.03. The van der Waals surface area contributed by atoms with Gasteiger partial charge < -0.3 is 25.0 Å². The number of nitrogens with one attached hydrogen (secondary N) is 2. The van der Waals surface area contributed by atoms with E-state index in [0.29, 0.717) is 61.8 Å². The van der Waals surface area contributed by atoms with Crippen LogP contribution in [0.4, 0.5) is 31.7 Å². The molecule has 0 radical (unpaired) electrons. The van der Waals surface area contributed by atoms with Gasteiger partial charge in [0.05, 0.1) is 24.5 Å². The Kier molecular flexibility index (Phi) is 8.06. The van der Waals surface area contributed by atoms with Crippen LogP contribution in [0.5, 0.6) is 5.75 Å². The fraction of sp³-hybridized carbons (Fsp3) is 0.267. The Morgan fingerprint density at radius 2 is 1.71 bits per heavy atom. The lowest BCUT2D eigenvalue weighted by Crippen LogP contribution is -2.36. The summed E-state index contributed by atoms with van der Waals surface area (Å²) in [6, 6.07) is 11.1. The number of amides is 2. The number of allylic oxidation sites excluding steroid dienone is 1. The molecular weight excluding hydrogens is 532 g/mol. The summed E-state index contributed by atoms with van der Waals surface area (Å²) in [5, 5.41) is 5.27. The molecule has 1 saturated heterocycles. The fourth-order valence-electron chi connectivity index (χ4n) is 4.49. The van der Waals surface area contributed by atoms with Crippen LogP contribution in [0.2, 0.25) is 0 Å². The van der Waals surface area contributed by atoms with Crippen molar-refractivity contribution < 1.29 is 27.8 Å². The molecule has 11 heteroatoms. The van der Waals surface area contributed by atoms with Crippen molar-refractivity contribution >= 4 is 47.2 Å². The number of aromatic nitrogens is 1. The van der Waals surface area contributed by atoms with E-state index in [-0.39, 0.29) is 11.4 Å². The largest absolute Gasteiger partial charge is 0.454 e. The molecule has 2 N–H and O–H groups in total. The molecule has 1 saturated carbocycles. The summed E-state index contributed by atoms with van der Waals surface area (Å²) >= 11 is 0. The highest BCUT2D eigenvalue weighted by molar-refractivity contribution is 6.16. The molecule has 0 bridgehead atoms. The van der Waals surface area contributed by atoms with E-state index >= 15 is 4.39 Å². The predicted molar refractivity (Wildman–Crippen MR) is 152 cm³/mol. The fourth-order valence-corrected chi connectivity index (χ4v) is 4.49. The van der Waals surface area contributed by atoms with E-state index in [2.05, 4.69) is 32.2 Å². The first-order chi connectivity index (χ1) is 19.8. The van der Waals surface area contributed by atoms with Crippen molar-refractivity contribution in [1.29, 1.82) is 0 Å². The zero-order valence-electron chi connectivity index (χ0n) is 22.5. The number of aliphatic imine (C=N–C) groups is 1. The summed E-state index contributed by atoms with van der Waals surface area (Å²) in [5.74, 6) is -1.20. The molecule has 5 rings (SSSR count). The van der Waals surface area contributed by atoms with Gasteiger partial charge in [-0.05, 0) is 69.0 Å². The molecular formula is C30H29F2N5O4. The van der Waals surface area contributed by atoms with Crippen molar-refractivity contribution in [3.8, 4) is 5.75 Å². The van der Waals surface area contributed by atoms with Gasteiger partial charge in [0.25, 0.3) is 0 Å². The number of hydrogen-bond acceptors (Lipinski definition) is 7. The molecule has 2 aromatic carbocycles. The Hall–Kier alpha value is -4.64. The number of benzene rings is 2. The molecule has 2 aliphatic rings. The Labute approximate surface area is 235 Å². The number of morpholine rings is 1. The minimum Gasteiger partial charge on any atom is -0.454 e. The lowest BCUT2D eigenvalue weighted by molar-refractivity contribution is -0.131. The first-order valence-corrected chi connectivity index (χ1v) is 13.1. The van der Waals surface area contributed by atoms with Crippen molar-refractivity contribution in [2.24, 2.45) is 10.4 Å². The third kappa shape index (κ3) is 6.09. The second-order valence-corrected chi connectivity index (χ2v) is 9.71. The third-order valence-corrected chi connectivity index (χ3v) is 7.03. The summed E-state index contributed by atoms with van der Waals surface area (Å²) < 4.78 is 39.5. The quantitative estimate of drug-likeness (QED) is 0.208. The summed E-state index contributed by atoms with van der Waals surface area (Å²) in [5.41, 5.74) is 0.357. The molecule has 1 aromatic heterocycles. The van der Waals surface area contributed by atoms with Crippen LogP contribution in [0.1, 0.15) is 25.3 Å². The van der Waals surface area contributed by atoms with Crippen molar-refractivity contribution in [3.63, 3.8) is 0 Å². The molecule has 2 fully saturated rings. The molecule has 0 atom stereocenters. The van der Waals surface area contributed by atoms with Crippen LogP contribution < -0.4 is 20.3 Å². The van der Waals surface area contributed by atoms with Crippen LogP contribution in [0.25, 0.3) is 5.76 Å². The van der Waals surface area contributed by atoms with E-state index in [0.717, 1.165) is 11.9 Å². The molecule has 2 amide bonds. The summed E-state index contributed by atoms with van der Waals surface area (Å²) in [6.07, 6.45) is 3.98. The van der Waals surface area contributed by atoms with Gasteiger partial charge in [0.2, 0.25) is 11.8 Å². The molecule has 3 aromatic rings. The second kappa shape index (κ2) is 11.8. The van der Waals surface area contributed by atoms with E-state index in [1.54, 1.807) is 25.3 Å². The Bertz CT molecular complexity index is 1500. The molecule has 2 heterocycles. The molecule has 212 valence electrons. The van der Waals surface area contributed by atoms with Crippen LogP contribution in [-0.2, 0) is 14.3 Å². The molecule has 0 unspecified atom stereocenters. The number of carbonyl (C=O) groups excluding carboxylic acids is 2. The Morgan fingerprint density at radius 1 is 1.05 bits per heavy atom. The maximum atomic E-state index is 15.1. The Morgan fingerprint density at radius 3 is 2.32 bits per heavy atom. The molecule has 9 nitrogen and oxygen atoms in total. The standard InChI is InChI=1S/C30H29F2N5O4/c1-3-25(22-18-34-27(17-24(22)33-2)37-12-14-40-15-13-37)41-26-9-8-21(16-23(26)32)36-29(39)30(10-11-30)28(38)35-20-6-4-19(31)5-7-20/h3-9,16-18H,2,10-15H2,1H3,(H,35,38)(H,36,39)/b25-3+. The van der Waals surface area contributed by atoms with Crippen molar-refractivity contribution in [2.75, 3.05) is 41.8 Å². The maximum absolute atomic E-state index is 15.1. The van der Waals surface area contributed by atoms with Crippen LogP contribution in [0.3, 0.4) is 0 Å². The summed E-state index contributed by atoms with van der Waals surface area (Å²) in [4.78, 5) is 36.5. The molecule has 1 aliphatic carbocycles. The smallest absolute Gasteiger partial charge is 0.240 e. The maximum Gasteiger partial charge on any atom is 0.240 e. The average Bonchev–Trinajstić information content (AvgIpc) is 3.81. The minimum atomic E-state index is -1.27. The van der Waals surface area contributed by atoms with E-state index in [4.69, 9.17) is 9.47 Å². The van der Waals surface area contributed by atoms with Crippen molar-refractivity contribution in [2.45, 2.75) is 19.8 Å². The Balaban J connectivity index is 1.26. The number of ether oxygens (including phenoxy) is 2. The number of halogens is 2. The van der Waals surface area contributed by atoms with Gasteiger partial charge in [-0.1, -0.05) is 0 Å². The van der Waals surface area contributed by atoms with Gasteiger partial charge in [-0.2, -0.15) is 0 Å². The lowest BCUT2D eigenvalue weighted by Gasteiger charge is -2.28. The van der Waals surface area contributed by atoms with Crippen molar-refractivity contribution in [1.82, 2.24) is 4.98 Å². The van der Waals surface area contributed by atoms with E-state index < -0.39 is 28.9 Å². The van der Waals surface area contributed by atoms with Gasteiger partial charge in [0, 0.05) is 42.8 Å². The first-order valence-electron chi connectivity index (χ1n) is 13.1. The van der Waals surface area contributed by atoms with Crippen LogP contribution in [-0.4, -0.2) is 49.8 Å². The van der Waals surface area contributed by atoms with Gasteiger partial charge in [0.1, 0.15) is 22.8 Å². The minimum absolute atomic E-state index is 0.0708. The zero-order valence-corrected chi connectivity index (χ0v) is 22.5. The van der Waals surface area contributed by atoms with E-state index in [1.165, 1.54) is 36.4 Å². The predicted octanol–water partition coefficient (Wildman–Crippen LogP) is 5.33. The van der Waals surface area contributed by atoms with Gasteiger partial charge in [0.15, 0.2) is 11.6 Å². The second-order valence-electron chi connectivity index (χ2n) is 9.71. The highest BCUT2D eigenvalue weighted by Crippen LogP contribution is 2.47. The van der Waals surface area contributed by atoms with Gasteiger partial charge in [-0.25, -0.2) is 13.8 Å². The topological polar surface area (TPSA) is 105 Å². The lowest BCUT2D eigenvalue weighted by atomic mass is 10.0. The monoisotopic (exact) mass is 561 g/mol. The van der Waals surface area contributed by atoms with Gasteiger partial charge in [-0.15, -0.1) is 0 Å².